The lowest BCUT2D eigenvalue weighted by Gasteiger charge is -2.37. The number of rotatable bonds is 0. The summed E-state index contributed by atoms with van der Waals surface area (Å²) in [5.41, 5.74) is 11.8. The molecule has 0 amide bonds. The van der Waals surface area contributed by atoms with Gasteiger partial charge in [-0.05, 0) is 19.3 Å². The molecule has 4 heteroatoms. The first kappa shape index (κ1) is 9.22. The van der Waals surface area contributed by atoms with Crippen LogP contribution in [0.15, 0.2) is 0 Å². The molecule has 0 aromatic heterocycles. The van der Waals surface area contributed by atoms with E-state index >= 15 is 0 Å². The molecule has 1 fully saturated rings. The van der Waals surface area contributed by atoms with E-state index in [4.69, 9.17) is 11.5 Å². The molecule has 0 radical (unpaired) electrons. The summed E-state index contributed by atoms with van der Waals surface area (Å²) in [6.45, 7) is 0. The second-order valence-corrected chi connectivity index (χ2v) is 6.83. The summed E-state index contributed by atoms with van der Waals surface area (Å²) >= 11 is 5.74. The van der Waals surface area contributed by atoms with Crippen molar-refractivity contribution in [2.24, 2.45) is 11.5 Å². The highest BCUT2D eigenvalue weighted by Gasteiger charge is 2.36. The summed E-state index contributed by atoms with van der Waals surface area (Å²) < 4.78 is -0.296. The molecule has 1 saturated carbocycles. The van der Waals surface area contributed by atoms with Gasteiger partial charge in [0.2, 0.25) is 0 Å². The van der Waals surface area contributed by atoms with Crippen LogP contribution in [0.5, 0.6) is 0 Å². The van der Waals surface area contributed by atoms with E-state index in [0.29, 0.717) is 0 Å². The van der Waals surface area contributed by atoms with Crippen molar-refractivity contribution >= 4 is 38.5 Å². The van der Waals surface area contributed by atoms with Crippen molar-refractivity contribution < 1.29 is 0 Å². The Labute approximate surface area is 83.4 Å². The third kappa shape index (κ3) is 2.64. The number of halogens is 2. The van der Waals surface area contributed by atoms with E-state index in [0.717, 1.165) is 25.7 Å². The molecule has 0 bridgehead atoms. The Morgan fingerprint density at radius 3 is 2.20 bits per heavy atom. The maximum Gasteiger partial charge on any atom is 0.0742 e. The largest absolute Gasteiger partial charge is 0.317 e. The Balaban J connectivity index is 2.56. The van der Waals surface area contributed by atoms with Gasteiger partial charge in [-0.3, -0.25) is 0 Å². The maximum atomic E-state index is 5.93. The average Bonchev–Trinajstić information content (AvgIpc) is 1.56. The zero-order valence-corrected chi connectivity index (χ0v) is 9.48. The van der Waals surface area contributed by atoms with Crippen molar-refractivity contribution in [1.82, 2.24) is 0 Å². The summed E-state index contributed by atoms with van der Waals surface area (Å²) in [6.07, 6.45) is 4.11. The van der Waals surface area contributed by atoms with Gasteiger partial charge in [0.1, 0.15) is 0 Å². The van der Waals surface area contributed by atoms with Crippen LogP contribution in [0.1, 0.15) is 25.7 Å². The molecule has 1 aliphatic carbocycles. The molecule has 0 heterocycles. The van der Waals surface area contributed by atoms with Crippen LogP contribution < -0.4 is 11.5 Å². The molecule has 2 atom stereocenters. The van der Waals surface area contributed by atoms with Gasteiger partial charge in [0, 0.05) is 6.42 Å². The molecule has 60 valence electrons. The van der Waals surface area contributed by atoms with E-state index in [9.17, 15) is 0 Å². The third-order valence-electron chi connectivity index (χ3n) is 1.77. The number of nitrogens with two attached hydrogens (primary N) is 2. The van der Waals surface area contributed by atoms with Gasteiger partial charge in [-0.15, -0.1) is 0 Å². The first-order valence-corrected chi connectivity index (χ1v) is 5.24. The zero-order chi connectivity index (χ0) is 7.83. The number of alkyl halides is 2. The molecule has 1 aliphatic rings. The fraction of sp³-hybridized carbons (Fsp3) is 1.00. The Kier molecular flexibility index (Phi) is 2.65. The maximum absolute atomic E-state index is 5.93. The van der Waals surface area contributed by atoms with E-state index in [2.05, 4.69) is 38.5 Å². The number of hydrogen-bond acceptors (Lipinski definition) is 2. The summed E-state index contributed by atoms with van der Waals surface area (Å²) in [7, 11) is 0. The van der Waals surface area contributed by atoms with Crippen molar-refractivity contribution in [3.05, 3.63) is 0 Å². The molecule has 0 saturated heterocycles. The summed E-state index contributed by atoms with van der Waals surface area (Å²) in [5.74, 6) is 0. The molecule has 10 heavy (non-hydrogen) atoms. The molecule has 0 aromatic carbocycles. The quantitative estimate of drug-likeness (QED) is 0.406. The minimum Gasteiger partial charge on any atom is -0.317 e. The summed E-state index contributed by atoms with van der Waals surface area (Å²) in [6, 6.07) is 0. The summed E-state index contributed by atoms with van der Waals surface area (Å²) in [5, 5.41) is 0. The van der Waals surface area contributed by atoms with Gasteiger partial charge >= 0.3 is 0 Å². The molecule has 4 N–H and O–H groups in total. The SMILES string of the molecule is NC1(Br)CCCC(N)(I)C1. The Bertz CT molecular complexity index is 122. The van der Waals surface area contributed by atoms with Crippen molar-refractivity contribution in [1.29, 1.82) is 0 Å². The topological polar surface area (TPSA) is 52.0 Å². The van der Waals surface area contributed by atoms with E-state index in [1.165, 1.54) is 0 Å². The zero-order valence-electron chi connectivity index (χ0n) is 5.74. The monoisotopic (exact) mass is 318 g/mol. The Morgan fingerprint density at radius 1 is 1.30 bits per heavy atom. The van der Waals surface area contributed by atoms with E-state index in [1.54, 1.807) is 0 Å². The smallest absolute Gasteiger partial charge is 0.0742 e. The average molecular weight is 319 g/mol. The lowest BCUT2D eigenvalue weighted by Crippen LogP contribution is -2.48. The predicted octanol–water partition coefficient (Wildman–Crippen LogP) is 1.70. The molecule has 2 nitrogen and oxygen atoms in total. The van der Waals surface area contributed by atoms with Crippen molar-refractivity contribution in [3.8, 4) is 0 Å². The first-order chi connectivity index (χ1) is 4.41. The highest BCUT2D eigenvalue weighted by atomic mass is 127. The summed E-state index contributed by atoms with van der Waals surface area (Å²) in [4.78, 5) is 0. The fourth-order valence-electron chi connectivity index (χ4n) is 1.34. The molecule has 2 unspecified atom stereocenters. The molecular weight excluding hydrogens is 307 g/mol. The minimum absolute atomic E-state index is 0.0890. The molecule has 0 aliphatic heterocycles. The van der Waals surface area contributed by atoms with Crippen LogP contribution in [0.25, 0.3) is 0 Å². The third-order valence-corrected chi connectivity index (χ3v) is 3.37. The first-order valence-electron chi connectivity index (χ1n) is 3.37. The Hall–Kier alpha value is 1.13. The molecule has 0 spiro atoms. The van der Waals surface area contributed by atoms with Gasteiger partial charge in [-0.2, -0.15) is 0 Å². The highest BCUT2D eigenvalue weighted by molar-refractivity contribution is 14.1. The molecule has 0 aromatic rings. The molecule has 1 rings (SSSR count). The second-order valence-electron chi connectivity index (χ2n) is 3.10. The lowest BCUT2D eigenvalue weighted by atomic mass is 9.92. The second kappa shape index (κ2) is 2.88. The van der Waals surface area contributed by atoms with E-state index in [1.807, 2.05) is 0 Å². The van der Waals surface area contributed by atoms with Crippen LogP contribution in [0.2, 0.25) is 0 Å². The van der Waals surface area contributed by atoms with Crippen LogP contribution in [-0.2, 0) is 0 Å². The predicted molar refractivity (Wildman–Crippen MR) is 55.3 cm³/mol. The van der Waals surface area contributed by atoms with Crippen LogP contribution in [0.3, 0.4) is 0 Å². The van der Waals surface area contributed by atoms with Crippen LogP contribution in [-0.4, -0.2) is 7.99 Å². The minimum atomic E-state index is -0.207. The van der Waals surface area contributed by atoms with Crippen LogP contribution >= 0.6 is 38.5 Å². The lowest BCUT2D eigenvalue weighted by molar-refractivity contribution is 0.358. The van der Waals surface area contributed by atoms with Crippen molar-refractivity contribution in [2.75, 3.05) is 0 Å². The molecular formula is C6H12BrIN2. The van der Waals surface area contributed by atoms with Gasteiger partial charge in [0.05, 0.1) is 7.99 Å². The fourth-order valence-corrected chi connectivity index (χ4v) is 3.71. The number of hydrogen-bond donors (Lipinski definition) is 2. The van der Waals surface area contributed by atoms with Gasteiger partial charge < -0.3 is 11.5 Å². The van der Waals surface area contributed by atoms with E-state index in [-0.39, 0.29) is 7.99 Å². The van der Waals surface area contributed by atoms with Gasteiger partial charge in [0.15, 0.2) is 0 Å². The standard InChI is InChI=1S/C6H12BrIN2/c7-5(9)2-1-3-6(8,10)4-5/h1-4,9-10H2. The van der Waals surface area contributed by atoms with Crippen molar-refractivity contribution in [3.63, 3.8) is 0 Å². The van der Waals surface area contributed by atoms with Crippen LogP contribution in [0, 0.1) is 0 Å². The van der Waals surface area contributed by atoms with Gasteiger partial charge in [-0.1, -0.05) is 38.5 Å². The van der Waals surface area contributed by atoms with Gasteiger partial charge in [-0.25, -0.2) is 0 Å². The highest BCUT2D eigenvalue weighted by Crippen LogP contribution is 2.39. The van der Waals surface area contributed by atoms with Crippen molar-refractivity contribution in [2.45, 2.75) is 33.7 Å². The van der Waals surface area contributed by atoms with Gasteiger partial charge in [0.25, 0.3) is 0 Å². The normalized spacial score (nSPS) is 49.2. The van der Waals surface area contributed by atoms with Crippen LogP contribution in [0.4, 0.5) is 0 Å². The van der Waals surface area contributed by atoms with E-state index < -0.39 is 0 Å². The Morgan fingerprint density at radius 2 is 1.90 bits per heavy atom.